The van der Waals surface area contributed by atoms with Crippen molar-refractivity contribution in [2.45, 2.75) is 25.0 Å². The number of rotatable bonds is 4. The van der Waals surface area contributed by atoms with Crippen LogP contribution in [-0.2, 0) is 6.54 Å². The lowest BCUT2D eigenvalue weighted by atomic mass is 9.92. The lowest BCUT2D eigenvalue weighted by Gasteiger charge is -2.32. The molecule has 1 fully saturated rings. The van der Waals surface area contributed by atoms with E-state index in [9.17, 15) is 9.90 Å². The third-order valence-corrected chi connectivity index (χ3v) is 5.02. The molecule has 3 heterocycles. The summed E-state index contributed by atoms with van der Waals surface area (Å²) in [5, 5.41) is 14.5. The summed E-state index contributed by atoms with van der Waals surface area (Å²) in [6.45, 7) is 1.79. The van der Waals surface area contributed by atoms with Crippen LogP contribution in [0.4, 0.5) is 0 Å². The highest BCUT2D eigenvalue weighted by Crippen LogP contribution is 2.21. The van der Waals surface area contributed by atoms with Crippen LogP contribution in [0.25, 0.3) is 16.7 Å². The van der Waals surface area contributed by atoms with E-state index >= 15 is 0 Å². The van der Waals surface area contributed by atoms with Crippen molar-refractivity contribution in [3.8, 4) is 11.4 Å². The summed E-state index contributed by atoms with van der Waals surface area (Å²) in [6, 6.07) is 9.36. The third-order valence-electron chi connectivity index (χ3n) is 5.02. The van der Waals surface area contributed by atoms with Crippen molar-refractivity contribution in [3.05, 3.63) is 53.2 Å². The summed E-state index contributed by atoms with van der Waals surface area (Å²) in [5.41, 5.74) is 0.522. The molecule has 0 amide bonds. The van der Waals surface area contributed by atoms with Gasteiger partial charge in [-0.15, -0.1) is 0 Å². The Kier molecular flexibility index (Phi) is 4.26. The predicted octanol–water partition coefficient (Wildman–Crippen LogP) is 1.31. The average Bonchev–Trinajstić information content (AvgIpc) is 3.09. The highest BCUT2D eigenvalue weighted by atomic mass is 16.5. The smallest absolute Gasteiger partial charge is 0.262 e. The number of methoxy groups -OCH3 is 1. The highest BCUT2D eigenvalue weighted by molar-refractivity contribution is 5.77. The second kappa shape index (κ2) is 6.59. The quantitative estimate of drug-likeness (QED) is 0.738. The van der Waals surface area contributed by atoms with Gasteiger partial charge in [0, 0.05) is 11.9 Å². The third kappa shape index (κ3) is 3.00. The second-order valence-corrected chi connectivity index (χ2v) is 6.77. The van der Waals surface area contributed by atoms with E-state index < -0.39 is 5.60 Å². The van der Waals surface area contributed by atoms with Crippen LogP contribution in [0.15, 0.2) is 47.7 Å². The normalized spacial score (nSPS) is 16.7. The summed E-state index contributed by atoms with van der Waals surface area (Å²) in [7, 11) is 1.63. The number of aliphatic hydroxyl groups is 1. The SMILES string of the molecule is COc1ccc(-n2ccc3c(=O)n(CC4(O)CCNCC4)cnc32)cc1. The average molecular weight is 354 g/mol. The maximum Gasteiger partial charge on any atom is 0.262 e. The number of fused-ring (bicyclic) bond motifs is 1. The van der Waals surface area contributed by atoms with Gasteiger partial charge < -0.3 is 19.7 Å². The van der Waals surface area contributed by atoms with Gasteiger partial charge in [-0.25, -0.2) is 4.98 Å². The van der Waals surface area contributed by atoms with Gasteiger partial charge in [0.15, 0.2) is 5.65 Å². The van der Waals surface area contributed by atoms with Gasteiger partial charge in [-0.05, 0) is 56.3 Å². The molecule has 0 radical (unpaired) electrons. The van der Waals surface area contributed by atoms with Crippen LogP contribution < -0.4 is 15.6 Å². The second-order valence-electron chi connectivity index (χ2n) is 6.77. The Labute approximate surface area is 150 Å². The van der Waals surface area contributed by atoms with Gasteiger partial charge in [0.1, 0.15) is 12.1 Å². The van der Waals surface area contributed by atoms with Crippen molar-refractivity contribution < 1.29 is 9.84 Å². The Morgan fingerprint density at radius 1 is 1.23 bits per heavy atom. The van der Waals surface area contributed by atoms with E-state index in [1.54, 1.807) is 13.2 Å². The van der Waals surface area contributed by atoms with E-state index in [-0.39, 0.29) is 12.1 Å². The molecule has 0 saturated carbocycles. The van der Waals surface area contributed by atoms with Gasteiger partial charge in [0.2, 0.25) is 0 Å². The summed E-state index contributed by atoms with van der Waals surface area (Å²) in [6.07, 6.45) is 4.63. The first-order valence-corrected chi connectivity index (χ1v) is 8.74. The molecule has 2 N–H and O–H groups in total. The Hall–Kier alpha value is -2.64. The largest absolute Gasteiger partial charge is 0.497 e. The van der Waals surface area contributed by atoms with Gasteiger partial charge in [-0.1, -0.05) is 0 Å². The molecule has 0 atom stereocenters. The summed E-state index contributed by atoms with van der Waals surface area (Å²) in [4.78, 5) is 17.3. The number of nitrogens with zero attached hydrogens (tertiary/aromatic N) is 3. The first-order valence-electron chi connectivity index (χ1n) is 8.74. The fourth-order valence-electron chi connectivity index (χ4n) is 3.49. The van der Waals surface area contributed by atoms with Gasteiger partial charge >= 0.3 is 0 Å². The predicted molar refractivity (Wildman–Crippen MR) is 98.9 cm³/mol. The minimum absolute atomic E-state index is 0.130. The summed E-state index contributed by atoms with van der Waals surface area (Å²) < 4.78 is 8.58. The number of hydrogen-bond acceptors (Lipinski definition) is 5. The van der Waals surface area contributed by atoms with Crippen LogP contribution in [0.2, 0.25) is 0 Å². The molecule has 0 spiro atoms. The molecule has 7 nitrogen and oxygen atoms in total. The summed E-state index contributed by atoms with van der Waals surface area (Å²) in [5.74, 6) is 0.774. The minimum Gasteiger partial charge on any atom is -0.497 e. The number of ether oxygens (including phenoxy) is 1. The van der Waals surface area contributed by atoms with Crippen LogP contribution in [0.3, 0.4) is 0 Å². The van der Waals surface area contributed by atoms with Crippen LogP contribution in [0.5, 0.6) is 5.75 Å². The first-order chi connectivity index (χ1) is 12.6. The first kappa shape index (κ1) is 16.8. The van der Waals surface area contributed by atoms with Crippen molar-refractivity contribution in [1.29, 1.82) is 0 Å². The van der Waals surface area contributed by atoms with Gasteiger partial charge in [-0.2, -0.15) is 0 Å². The fourth-order valence-corrected chi connectivity index (χ4v) is 3.49. The Bertz CT molecular complexity index is 969. The van der Waals surface area contributed by atoms with Crippen LogP contribution in [-0.4, -0.2) is 45.0 Å². The van der Waals surface area contributed by atoms with Crippen molar-refractivity contribution in [2.24, 2.45) is 0 Å². The van der Waals surface area contributed by atoms with E-state index in [2.05, 4.69) is 10.3 Å². The number of piperidine rings is 1. The van der Waals surface area contributed by atoms with Gasteiger partial charge in [0.05, 0.1) is 24.6 Å². The van der Waals surface area contributed by atoms with Gasteiger partial charge in [-0.3, -0.25) is 9.36 Å². The highest BCUT2D eigenvalue weighted by Gasteiger charge is 2.30. The molecule has 26 heavy (non-hydrogen) atoms. The van der Waals surface area contributed by atoms with E-state index in [1.165, 1.54) is 10.9 Å². The van der Waals surface area contributed by atoms with Crippen molar-refractivity contribution in [3.63, 3.8) is 0 Å². The van der Waals surface area contributed by atoms with Crippen molar-refractivity contribution in [1.82, 2.24) is 19.4 Å². The molecule has 1 aliphatic rings. The fraction of sp³-hybridized carbons (Fsp3) is 0.368. The molecule has 0 bridgehead atoms. The van der Waals surface area contributed by atoms with Crippen LogP contribution >= 0.6 is 0 Å². The molecule has 4 rings (SSSR count). The molecule has 3 aromatic rings. The van der Waals surface area contributed by atoms with Crippen LogP contribution in [0, 0.1) is 0 Å². The maximum absolute atomic E-state index is 12.9. The molecule has 7 heteroatoms. The van der Waals surface area contributed by atoms with E-state index in [0.717, 1.165) is 24.5 Å². The molecular weight excluding hydrogens is 332 g/mol. The van der Waals surface area contributed by atoms with E-state index in [4.69, 9.17) is 4.74 Å². The maximum atomic E-state index is 12.9. The van der Waals surface area contributed by atoms with E-state index in [1.807, 2.05) is 35.0 Å². The zero-order valence-corrected chi connectivity index (χ0v) is 14.7. The van der Waals surface area contributed by atoms with Crippen molar-refractivity contribution >= 4 is 11.0 Å². The number of hydrogen-bond donors (Lipinski definition) is 2. The van der Waals surface area contributed by atoms with E-state index in [0.29, 0.717) is 23.9 Å². The summed E-state index contributed by atoms with van der Waals surface area (Å²) >= 11 is 0. The Morgan fingerprint density at radius 2 is 1.96 bits per heavy atom. The molecule has 2 aromatic heterocycles. The molecule has 1 saturated heterocycles. The molecule has 0 aliphatic carbocycles. The monoisotopic (exact) mass is 354 g/mol. The number of aromatic nitrogens is 3. The lowest BCUT2D eigenvalue weighted by molar-refractivity contribution is -0.00627. The zero-order valence-electron chi connectivity index (χ0n) is 14.7. The zero-order chi connectivity index (χ0) is 18.1. The number of benzene rings is 1. The molecule has 0 unspecified atom stereocenters. The molecular formula is C19H22N4O3. The number of nitrogens with one attached hydrogen (secondary N) is 1. The Balaban J connectivity index is 1.69. The molecule has 136 valence electrons. The van der Waals surface area contributed by atoms with Crippen LogP contribution in [0.1, 0.15) is 12.8 Å². The van der Waals surface area contributed by atoms with Crippen molar-refractivity contribution in [2.75, 3.05) is 20.2 Å². The minimum atomic E-state index is -0.858. The topological polar surface area (TPSA) is 81.3 Å². The lowest BCUT2D eigenvalue weighted by Crippen LogP contribution is -2.46. The Morgan fingerprint density at radius 3 is 2.65 bits per heavy atom. The van der Waals surface area contributed by atoms with Gasteiger partial charge in [0.25, 0.3) is 5.56 Å². The molecule has 1 aromatic carbocycles. The molecule has 1 aliphatic heterocycles. The standard InChI is InChI=1S/C19H22N4O3/c1-26-15-4-2-14(3-5-15)23-11-6-16-17(23)21-13-22(18(16)24)12-19(25)7-9-20-10-8-19/h2-6,11,13,20,25H,7-10,12H2,1H3.